The van der Waals surface area contributed by atoms with E-state index in [1.54, 1.807) is 24.3 Å². The Hall–Kier alpha value is -1.20. The third kappa shape index (κ3) is 57.9. The fourth-order valence-corrected chi connectivity index (χ4v) is 0.252. The Kier molecular flexibility index (Phi) is 9.80. The Morgan fingerprint density at radius 1 is 1.15 bits per heavy atom. The highest BCUT2D eigenvalue weighted by Crippen LogP contribution is 1.73. The zero-order valence-corrected chi connectivity index (χ0v) is 8.07. The number of aldehydes is 1. The van der Waals surface area contributed by atoms with Gasteiger partial charge in [-0.1, -0.05) is 30.9 Å². The van der Waals surface area contributed by atoms with E-state index in [9.17, 15) is 13.2 Å². The number of hydrogen-bond donors (Lipinski definition) is 1. The van der Waals surface area contributed by atoms with Gasteiger partial charge in [0.25, 0.3) is 10.1 Å². The minimum absolute atomic E-state index is 0.715. The van der Waals surface area contributed by atoms with Gasteiger partial charge in [0.1, 0.15) is 6.29 Å². The van der Waals surface area contributed by atoms with Crippen LogP contribution in [0.15, 0.2) is 37.0 Å². The van der Waals surface area contributed by atoms with Crippen LogP contribution in [0.2, 0.25) is 0 Å². The summed E-state index contributed by atoms with van der Waals surface area (Å²) in [4.78, 5) is 9.62. The molecule has 0 aliphatic carbocycles. The first kappa shape index (κ1) is 14.3. The van der Waals surface area contributed by atoms with Crippen molar-refractivity contribution in [2.75, 3.05) is 6.26 Å². The van der Waals surface area contributed by atoms with Crippen molar-refractivity contribution in [3.63, 3.8) is 0 Å². The van der Waals surface area contributed by atoms with E-state index in [1.807, 2.05) is 0 Å². The van der Waals surface area contributed by atoms with E-state index in [4.69, 9.17) is 4.55 Å². The summed E-state index contributed by atoms with van der Waals surface area (Å²) in [6.45, 7) is 3.45. The predicted molar refractivity (Wildman–Crippen MR) is 52.0 cm³/mol. The van der Waals surface area contributed by atoms with E-state index in [0.717, 1.165) is 6.29 Å². The van der Waals surface area contributed by atoms with Crippen molar-refractivity contribution in [2.24, 2.45) is 0 Å². The van der Waals surface area contributed by atoms with Crippen molar-refractivity contribution >= 4 is 16.4 Å². The Morgan fingerprint density at radius 2 is 1.54 bits per heavy atom. The lowest BCUT2D eigenvalue weighted by Gasteiger charge is -1.69. The Balaban J connectivity index is 0. The lowest BCUT2D eigenvalue weighted by Crippen LogP contribution is -1.88. The molecule has 0 spiro atoms. The highest BCUT2D eigenvalue weighted by atomic mass is 32.2. The maximum absolute atomic E-state index is 9.62. The molecular weight excluding hydrogens is 192 g/mol. The number of carbonyl (C=O) groups excluding carboxylic acids is 1. The van der Waals surface area contributed by atoms with Gasteiger partial charge in [0, 0.05) is 0 Å². The summed E-state index contributed by atoms with van der Waals surface area (Å²) in [5.74, 6) is 0. The van der Waals surface area contributed by atoms with E-state index in [-0.39, 0.29) is 0 Å². The van der Waals surface area contributed by atoms with Crippen molar-refractivity contribution in [3.05, 3.63) is 37.0 Å². The van der Waals surface area contributed by atoms with E-state index in [0.29, 0.717) is 6.26 Å². The van der Waals surface area contributed by atoms with Gasteiger partial charge >= 0.3 is 0 Å². The topological polar surface area (TPSA) is 71.4 Å². The monoisotopic (exact) mass is 204 g/mol. The zero-order chi connectivity index (χ0) is 10.7. The standard InChI is InChI=1S/C7H8O.CH4O3S/c1-2-3-4-5-6-7-8;1-5(2,3)4/h2-7H,1H2;1H3,(H,2,3,4). The molecule has 0 unspecified atom stereocenters. The van der Waals surface area contributed by atoms with Crippen LogP contribution in [0.25, 0.3) is 0 Å². The van der Waals surface area contributed by atoms with Crippen LogP contribution in [0, 0.1) is 0 Å². The van der Waals surface area contributed by atoms with E-state index in [1.165, 1.54) is 6.08 Å². The molecule has 0 atom stereocenters. The molecule has 0 heterocycles. The summed E-state index contributed by atoms with van der Waals surface area (Å²) in [5, 5.41) is 0. The van der Waals surface area contributed by atoms with Gasteiger partial charge in [-0.25, -0.2) is 0 Å². The van der Waals surface area contributed by atoms with Crippen molar-refractivity contribution in [3.8, 4) is 0 Å². The number of hydrogen-bond acceptors (Lipinski definition) is 3. The second-order valence-corrected chi connectivity index (χ2v) is 3.34. The third-order valence-electron chi connectivity index (χ3n) is 0.548. The van der Waals surface area contributed by atoms with Crippen molar-refractivity contribution in [2.45, 2.75) is 0 Å². The summed E-state index contributed by atoms with van der Waals surface area (Å²) in [5.41, 5.74) is 0. The highest BCUT2D eigenvalue weighted by molar-refractivity contribution is 7.85. The van der Waals surface area contributed by atoms with Crippen molar-refractivity contribution in [1.82, 2.24) is 0 Å². The molecule has 0 aliphatic heterocycles. The summed E-state index contributed by atoms with van der Waals surface area (Å²) in [6, 6.07) is 0. The molecule has 4 nitrogen and oxygen atoms in total. The van der Waals surface area contributed by atoms with Crippen LogP contribution >= 0.6 is 0 Å². The summed E-state index contributed by atoms with van der Waals surface area (Å²) in [6.07, 6.45) is 9.64. The van der Waals surface area contributed by atoms with Gasteiger partial charge in [-0.3, -0.25) is 9.35 Å². The minimum Gasteiger partial charge on any atom is -0.299 e. The van der Waals surface area contributed by atoms with Crippen LogP contribution in [0.1, 0.15) is 0 Å². The van der Waals surface area contributed by atoms with E-state index >= 15 is 0 Å². The first-order valence-electron chi connectivity index (χ1n) is 3.23. The van der Waals surface area contributed by atoms with E-state index in [2.05, 4.69) is 6.58 Å². The van der Waals surface area contributed by atoms with Crippen molar-refractivity contribution in [1.29, 1.82) is 0 Å². The summed E-state index contributed by atoms with van der Waals surface area (Å²) in [7, 11) is -3.67. The molecule has 0 bridgehead atoms. The Labute approximate surface area is 78.0 Å². The predicted octanol–water partition coefficient (Wildman–Crippen LogP) is 0.988. The van der Waals surface area contributed by atoms with Gasteiger partial charge in [-0.15, -0.1) is 0 Å². The van der Waals surface area contributed by atoms with Crippen LogP contribution < -0.4 is 0 Å². The molecule has 0 aliphatic rings. The van der Waals surface area contributed by atoms with Gasteiger partial charge in [0.05, 0.1) is 6.26 Å². The lowest BCUT2D eigenvalue weighted by molar-refractivity contribution is -0.104. The lowest BCUT2D eigenvalue weighted by atomic mass is 10.4. The maximum Gasteiger partial charge on any atom is 0.261 e. The van der Waals surface area contributed by atoms with Crippen LogP contribution in [-0.2, 0) is 14.9 Å². The molecule has 74 valence electrons. The SMILES string of the molecule is C=CC=CC=CC=O.CS(=O)(=O)O. The largest absolute Gasteiger partial charge is 0.299 e. The first-order valence-corrected chi connectivity index (χ1v) is 5.08. The summed E-state index contributed by atoms with van der Waals surface area (Å²) >= 11 is 0. The van der Waals surface area contributed by atoms with Gasteiger partial charge in [0.15, 0.2) is 0 Å². The zero-order valence-electron chi connectivity index (χ0n) is 7.25. The molecule has 1 N–H and O–H groups in total. The number of allylic oxidation sites excluding steroid dienone is 5. The molecule has 0 aromatic rings. The molecule has 0 aromatic heterocycles. The van der Waals surface area contributed by atoms with Gasteiger partial charge in [-0.2, -0.15) is 8.42 Å². The molecule has 13 heavy (non-hydrogen) atoms. The van der Waals surface area contributed by atoms with Crippen LogP contribution in [0.3, 0.4) is 0 Å². The van der Waals surface area contributed by atoms with E-state index < -0.39 is 10.1 Å². The number of carbonyl (C=O) groups is 1. The molecule has 0 saturated heterocycles. The molecule has 0 aromatic carbocycles. The average molecular weight is 204 g/mol. The smallest absolute Gasteiger partial charge is 0.261 e. The van der Waals surface area contributed by atoms with Crippen molar-refractivity contribution < 1.29 is 17.8 Å². The molecular formula is C8H12O4S. The third-order valence-corrected chi connectivity index (χ3v) is 0.548. The Morgan fingerprint density at radius 3 is 1.85 bits per heavy atom. The first-order chi connectivity index (χ1) is 5.91. The van der Waals surface area contributed by atoms with Crippen LogP contribution in [0.5, 0.6) is 0 Å². The molecule has 0 amide bonds. The molecule has 0 radical (unpaired) electrons. The van der Waals surface area contributed by atoms with Crippen LogP contribution in [0.4, 0.5) is 0 Å². The van der Waals surface area contributed by atoms with Gasteiger partial charge < -0.3 is 0 Å². The Bertz CT molecular complexity index is 261. The van der Waals surface area contributed by atoms with Crippen LogP contribution in [-0.4, -0.2) is 25.5 Å². The highest BCUT2D eigenvalue weighted by Gasteiger charge is 1.81. The molecule has 0 rings (SSSR count). The maximum atomic E-state index is 9.62. The second-order valence-electron chi connectivity index (χ2n) is 1.87. The minimum atomic E-state index is -3.67. The summed E-state index contributed by atoms with van der Waals surface area (Å²) < 4.78 is 25.9. The fourth-order valence-electron chi connectivity index (χ4n) is 0.252. The molecule has 5 heteroatoms. The normalized spacial score (nSPS) is 10.9. The quantitative estimate of drug-likeness (QED) is 0.322. The number of rotatable bonds is 3. The van der Waals surface area contributed by atoms with Gasteiger partial charge in [-0.05, 0) is 6.08 Å². The molecule has 0 saturated carbocycles. The average Bonchev–Trinajstić information content (AvgIpc) is 1.95. The molecule has 0 fully saturated rings. The second kappa shape index (κ2) is 8.89. The fraction of sp³-hybridized carbons (Fsp3) is 0.125. The van der Waals surface area contributed by atoms with Gasteiger partial charge in [0.2, 0.25) is 0 Å².